The highest BCUT2D eigenvalue weighted by Crippen LogP contribution is 2.47. The Kier molecular flexibility index (Phi) is 8.45. The van der Waals surface area contributed by atoms with E-state index in [9.17, 15) is 10.2 Å². The van der Waals surface area contributed by atoms with Gasteiger partial charge in [0.15, 0.2) is 0 Å². The number of fused-ring (bicyclic) bond motifs is 2. The molecular weight excluding hydrogens is 592 g/mol. The van der Waals surface area contributed by atoms with Crippen molar-refractivity contribution in [2.75, 3.05) is 5.33 Å². The Bertz CT molecular complexity index is 2020. The molecule has 0 aliphatic heterocycles. The van der Waals surface area contributed by atoms with Crippen LogP contribution in [-0.2, 0) is 12.8 Å². The number of hydrogen-bond donors (Lipinski definition) is 0. The van der Waals surface area contributed by atoms with Gasteiger partial charge in [0.1, 0.15) is 5.69 Å². The number of nitroso groups, excluding NO2 is 1. The van der Waals surface area contributed by atoms with Gasteiger partial charge in [0, 0.05) is 5.33 Å². The molecule has 0 saturated carbocycles. The van der Waals surface area contributed by atoms with Gasteiger partial charge in [-0.15, -0.1) is 4.91 Å². The Balaban J connectivity index is 1.81. The zero-order chi connectivity index (χ0) is 29.8. The topological polar surface area (TPSA) is 53.2 Å². The SMILES string of the molecule is CCCCc1c(-c2cccc(N=O)c2)cc2ccccc2c1-c1c(CCBr)c(-c2cccc(C#N)c2)cc2ccccc12. The largest absolute Gasteiger partial charge is 0.192 e. The van der Waals surface area contributed by atoms with Crippen LogP contribution in [0, 0.1) is 16.2 Å². The lowest BCUT2D eigenvalue weighted by Gasteiger charge is -2.24. The number of halogens is 1. The number of alkyl halides is 1. The molecule has 0 fully saturated rings. The van der Waals surface area contributed by atoms with Crippen molar-refractivity contribution in [1.29, 1.82) is 5.26 Å². The normalized spacial score (nSPS) is 11.1. The van der Waals surface area contributed by atoms with Crippen LogP contribution in [0.3, 0.4) is 0 Å². The van der Waals surface area contributed by atoms with Gasteiger partial charge in [0.25, 0.3) is 0 Å². The van der Waals surface area contributed by atoms with Crippen LogP contribution < -0.4 is 0 Å². The Morgan fingerprint density at radius 2 is 1.28 bits per heavy atom. The van der Waals surface area contributed by atoms with Crippen LogP contribution in [0.15, 0.2) is 114 Å². The van der Waals surface area contributed by atoms with E-state index in [4.69, 9.17) is 0 Å². The first-order chi connectivity index (χ1) is 21.2. The van der Waals surface area contributed by atoms with E-state index in [0.29, 0.717) is 11.3 Å². The molecule has 0 aliphatic carbocycles. The summed E-state index contributed by atoms with van der Waals surface area (Å²) in [4.78, 5) is 11.6. The molecule has 0 radical (unpaired) electrons. The summed E-state index contributed by atoms with van der Waals surface area (Å²) >= 11 is 3.78. The van der Waals surface area contributed by atoms with Gasteiger partial charge in [0.2, 0.25) is 0 Å². The van der Waals surface area contributed by atoms with Crippen LogP contribution in [0.5, 0.6) is 0 Å². The number of nitriles is 1. The van der Waals surface area contributed by atoms with Crippen molar-refractivity contribution in [2.24, 2.45) is 5.18 Å². The standard InChI is InChI=1S/C39H31BrN2O/c1-2-3-16-34-37(28-14-9-15-31(22-28)42-43)24-30-12-4-6-17-32(30)38(34)39-33-18-7-5-11-29(33)23-36(35(39)19-20-40)27-13-8-10-26(21-27)25-41/h4-15,17-18,21-24H,2-3,16,19-20H2,1H3. The summed E-state index contributed by atoms with van der Waals surface area (Å²) in [5, 5.41) is 18.5. The fourth-order valence-electron chi connectivity index (χ4n) is 6.32. The highest BCUT2D eigenvalue weighted by Gasteiger charge is 2.23. The Morgan fingerprint density at radius 1 is 0.698 bits per heavy atom. The molecule has 6 rings (SSSR count). The lowest BCUT2D eigenvalue weighted by atomic mass is 9.79. The van der Waals surface area contributed by atoms with Crippen molar-refractivity contribution < 1.29 is 0 Å². The van der Waals surface area contributed by atoms with Crippen molar-refractivity contribution in [3.63, 3.8) is 0 Å². The van der Waals surface area contributed by atoms with Gasteiger partial charge in [-0.2, -0.15) is 5.26 Å². The van der Waals surface area contributed by atoms with Gasteiger partial charge in [-0.05, 0) is 127 Å². The summed E-state index contributed by atoms with van der Waals surface area (Å²) in [5.41, 5.74) is 10.4. The minimum absolute atomic E-state index is 0.429. The van der Waals surface area contributed by atoms with E-state index in [1.807, 2.05) is 30.3 Å². The minimum Gasteiger partial charge on any atom is -0.192 e. The minimum atomic E-state index is 0.429. The summed E-state index contributed by atoms with van der Waals surface area (Å²) in [6, 6.07) is 39.7. The van der Waals surface area contributed by atoms with E-state index >= 15 is 0 Å². The molecule has 43 heavy (non-hydrogen) atoms. The van der Waals surface area contributed by atoms with Crippen molar-refractivity contribution in [2.45, 2.75) is 32.6 Å². The zero-order valence-electron chi connectivity index (χ0n) is 24.1. The van der Waals surface area contributed by atoms with Gasteiger partial charge >= 0.3 is 0 Å². The Morgan fingerprint density at radius 3 is 1.86 bits per heavy atom. The number of nitrogens with zero attached hydrogens (tertiary/aromatic N) is 2. The summed E-state index contributed by atoms with van der Waals surface area (Å²) in [6.07, 6.45) is 3.83. The predicted molar refractivity (Wildman–Crippen MR) is 184 cm³/mol. The second-order valence-electron chi connectivity index (χ2n) is 10.9. The van der Waals surface area contributed by atoms with Crippen LogP contribution in [0.4, 0.5) is 5.69 Å². The Hall–Kier alpha value is -4.59. The first-order valence-electron chi connectivity index (χ1n) is 14.8. The molecular formula is C39H31BrN2O. The molecule has 6 aromatic carbocycles. The predicted octanol–water partition coefficient (Wildman–Crippen LogP) is 11.5. The van der Waals surface area contributed by atoms with E-state index < -0.39 is 0 Å². The summed E-state index contributed by atoms with van der Waals surface area (Å²) in [7, 11) is 0. The molecule has 3 nitrogen and oxygen atoms in total. The highest BCUT2D eigenvalue weighted by atomic mass is 79.9. The highest BCUT2D eigenvalue weighted by molar-refractivity contribution is 9.09. The van der Waals surface area contributed by atoms with Crippen molar-refractivity contribution >= 4 is 43.2 Å². The quantitative estimate of drug-likeness (QED) is 0.119. The van der Waals surface area contributed by atoms with Crippen LogP contribution in [-0.4, -0.2) is 5.33 Å². The zero-order valence-corrected chi connectivity index (χ0v) is 25.7. The molecule has 0 amide bonds. The van der Waals surface area contributed by atoms with E-state index in [1.165, 1.54) is 33.0 Å². The van der Waals surface area contributed by atoms with Gasteiger partial charge in [-0.3, -0.25) is 0 Å². The maximum absolute atomic E-state index is 11.6. The molecule has 4 heteroatoms. The number of rotatable bonds is 9. The summed E-state index contributed by atoms with van der Waals surface area (Å²) in [5.74, 6) is 0. The molecule has 0 aromatic heterocycles. The third kappa shape index (κ3) is 5.49. The van der Waals surface area contributed by atoms with E-state index in [-0.39, 0.29) is 0 Å². The smallest absolute Gasteiger partial charge is 0.108 e. The Labute approximate surface area is 260 Å². The van der Waals surface area contributed by atoms with Crippen LogP contribution in [0.2, 0.25) is 0 Å². The molecule has 0 bridgehead atoms. The third-order valence-electron chi connectivity index (χ3n) is 8.25. The average Bonchev–Trinajstić information content (AvgIpc) is 3.06. The number of unbranched alkanes of at least 4 members (excludes halogenated alkanes) is 1. The fraction of sp³-hybridized carbons (Fsp3) is 0.154. The first kappa shape index (κ1) is 28.5. The van der Waals surface area contributed by atoms with Crippen LogP contribution >= 0.6 is 15.9 Å². The van der Waals surface area contributed by atoms with E-state index in [0.717, 1.165) is 64.0 Å². The second-order valence-corrected chi connectivity index (χ2v) is 11.7. The molecule has 0 N–H and O–H groups in total. The molecule has 0 spiro atoms. The van der Waals surface area contributed by atoms with Crippen molar-refractivity contribution in [1.82, 2.24) is 0 Å². The second kappa shape index (κ2) is 12.7. The average molecular weight is 624 g/mol. The lowest BCUT2D eigenvalue weighted by Crippen LogP contribution is -2.03. The maximum Gasteiger partial charge on any atom is 0.108 e. The van der Waals surface area contributed by atoms with Gasteiger partial charge in [-0.1, -0.05) is 102 Å². The van der Waals surface area contributed by atoms with Gasteiger partial charge < -0.3 is 0 Å². The van der Waals surface area contributed by atoms with Gasteiger partial charge in [0.05, 0.1) is 11.6 Å². The molecule has 0 heterocycles. The molecule has 0 saturated heterocycles. The maximum atomic E-state index is 11.6. The van der Waals surface area contributed by atoms with Crippen molar-refractivity contribution in [3.8, 4) is 39.4 Å². The van der Waals surface area contributed by atoms with Gasteiger partial charge in [-0.25, -0.2) is 0 Å². The van der Waals surface area contributed by atoms with Crippen molar-refractivity contribution in [3.05, 3.63) is 131 Å². The van der Waals surface area contributed by atoms with E-state index in [2.05, 4.69) is 107 Å². The molecule has 0 unspecified atom stereocenters. The van der Waals surface area contributed by atoms with Crippen LogP contribution in [0.25, 0.3) is 54.9 Å². The third-order valence-corrected chi connectivity index (χ3v) is 8.65. The summed E-state index contributed by atoms with van der Waals surface area (Å²) in [6.45, 7) is 2.23. The number of benzene rings is 6. The number of hydrogen-bond acceptors (Lipinski definition) is 3. The monoisotopic (exact) mass is 622 g/mol. The lowest BCUT2D eigenvalue weighted by molar-refractivity contribution is 0.798. The fourth-order valence-corrected chi connectivity index (χ4v) is 6.72. The molecule has 0 aliphatic rings. The first-order valence-corrected chi connectivity index (χ1v) is 15.9. The van der Waals surface area contributed by atoms with E-state index in [1.54, 1.807) is 6.07 Å². The molecule has 210 valence electrons. The van der Waals surface area contributed by atoms with Crippen LogP contribution in [0.1, 0.15) is 36.5 Å². The molecule has 6 aromatic rings. The summed E-state index contributed by atoms with van der Waals surface area (Å²) < 4.78 is 0. The molecule has 0 atom stereocenters.